The molecule has 1 fully saturated rings. The van der Waals surface area contributed by atoms with Crippen LogP contribution >= 0.6 is 0 Å². The van der Waals surface area contributed by atoms with E-state index in [4.69, 9.17) is 18.7 Å². The van der Waals surface area contributed by atoms with Crippen molar-refractivity contribution in [1.82, 2.24) is 25.0 Å². The molecular formula is C21H23N5O4. The number of hydrogen-bond acceptors (Lipinski definition) is 8. The molecule has 2 aliphatic rings. The van der Waals surface area contributed by atoms with Gasteiger partial charge in [-0.05, 0) is 25.0 Å². The summed E-state index contributed by atoms with van der Waals surface area (Å²) in [5.41, 5.74) is 1.67. The van der Waals surface area contributed by atoms with Gasteiger partial charge in [0, 0.05) is 62.9 Å². The summed E-state index contributed by atoms with van der Waals surface area (Å²) >= 11 is 0. The fourth-order valence-corrected chi connectivity index (χ4v) is 3.89. The zero-order chi connectivity index (χ0) is 20.3. The number of rotatable bonds is 5. The summed E-state index contributed by atoms with van der Waals surface area (Å²) in [6.07, 6.45) is 6.66. The average Bonchev–Trinajstić information content (AvgIpc) is 3.45. The first-order valence-corrected chi connectivity index (χ1v) is 10.3. The largest absolute Gasteiger partial charge is 0.445 e. The Morgan fingerprint density at radius 3 is 2.97 bits per heavy atom. The van der Waals surface area contributed by atoms with E-state index in [0.717, 1.165) is 49.0 Å². The molecule has 1 saturated heterocycles. The molecule has 0 spiro atoms. The van der Waals surface area contributed by atoms with Crippen molar-refractivity contribution in [2.45, 2.75) is 44.6 Å². The highest BCUT2D eigenvalue weighted by molar-refractivity contribution is 5.76. The minimum absolute atomic E-state index is 0.0531. The Hall–Kier alpha value is -3.07. The zero-order valence-electron chi connectivity index (χ0n) is 16.6. The summed E-state index contributed by atoms with van der Waals surface area (Å²) in [6.45, 7) is 2.63. The van der Waals surface area contributed by atoms with E-state index in [1.54, 1.807) is 12.4 Å². The van der Waals surface area contributed by atoms with Crippen LogP contribution in [0.1, 0.15) is 48.4 Å². The summed E-state index contributed by atoms with van der Waals surface area (Å²) in [6, 6.07) is 3.68. The summed E-state index contributed by atoms with van der Waals surface area (Å²) in [5, 5.41) is 3.97. The third-order valence-corrected chi connectivity index (χ3v) is 5.61. The van der Waals surface area contributed by atoms with Gasteiger partial charge in [-0.2, -0.15) is 4.98 Å². The topological polar surface area (TPSA) is 107 Å². The fraction of sp³-hybridized carbons (Fsp3) is 0.476. The molecule has 0 aliphatic carbocycles. The first kappa shape index (κ1) is 18.9. The Bertz CT molecular complexity index is 1010. The molecule has 156 valence electrons. The number of aryl methyl sites for hydroxylation is 1. The van der Waals surface area contributed by atoms with Crippen LogP contribution < -0.4 is 0 Å². The van der Waals surface area contributed by atoms with Crippen molar-refractivity contribution in [1.29, 1.82) is 0 Å². The lowest BCUT2D eigenvalue weighted by Gasteiger charge is -2.25. The molecule has 0 aromatic carbocycles. The van der Waals surface area contributed by atoms with Crippen molar-refractivity contribution < 1.29 is 18.5 Å². The lowest BCUT2D eigenvalue weighted by atomic mass is 10.0. The molecule has 0 unspecified atom stereocenters. The maximum Gasteiger partial charge on any atom is 0.227 e. The molecule has 2 aliphatic heterocycles. The molecule has 9 nitrogen and oxygen atoms in total. The number of carbonyl (C=O) groups excluding carboxylic acids is 1. The number of carbonyl (C=O) groups is 1. The average molecular weight is 409 g/mol. The van der Waals surface area contributed by atoms with Crippen LogP contribution in [0.3, 0.4) is 0 Å². The van der Waals surface area contributed by atoms with Gasteiger partial charge < -0.3 is 18.6 Å². The molecule has 30 heavy (non-hydrogen) atoms. The lowest BCUT2D eigenvalue weighted by Crippen LogP contribution is -2.35. The van der Waals surface area contributed by atoms with Gasteiger partial charge in [0.25, 0.3) is 0 Å². The maximum absolute atomic E-state index is 12.7. The minimum atomic E-state index is 0.0531. The van der Waals surface area contributed by atoms with E-state index in [1.165, 1.54) is 0 Å². The van der Waals surface area contributed by atoms with E-state index in [9.17, 15) is 4.79 Å². The molecular weight excluding hydrogens is 386 g/mol. The van der Waals surface area contributed by atoms with E-state index < -0.39 is 0 Å². The fourth-order valence-electron chi connectivity index (χ4n) is 3.89. The van der Waals surface area contributed by atoms with Crippen LogP contribution in [0.25, 0.3) is 11.4 Å². The first-order valence-electron chi connectivity index (χ1n) is 10.3. The number of amides is 1. The second kappa shape index (κ2) is 8.35. The predicted molar refractivity (Wildman–Crippen MR) is 104 cm³/mol. The number of nitrogens with zero attached hydrogens (tertiary/aromatic N) is 5. The van der Waals surface area contributed by atoms with E-state index in [0.29, 0.717) is 50.0 Å². The zero-order valence-corrected chi connectivity index (χ0v) is 16.6. The van der Waals surface area contributed by atoms with Crippen LogP contribution in [-0.2, 0) is 28.9 Å². The van der Waals surface area contributed by atoms with Gasteiger partial charge in [0.15, 0.2) is 5.89 Å². The van der Waals surface area contributed by atoms with Crippen molar-refractivity contribution in [3.63, 3.8) is 0 Å². The number of ether oxygens (including phenoxy) is 1. The SMILES string of the molecule is O=C(CCc1nc(-c2cccnc2)no1)N1CCc2oc(C3CCOCC3)nc2C1. The van der Waals surface area contributed by atoms with Gasteiger partial charge in [0.1, 0.15) is 11.5 Å². The van der Waals surface area contributed by atoms with Crippen molar-refractivity contribution in [3.8, 4) is 11.4 Å². The Labute approximate surface area is 173 Å². The highest BCUT2D eigenvalue weighted by Gasteiger charge is 2.28. The van der Waals surface area contributed by atoms with Crippen molar-refractivity contribution in [2.75, 3.05) is 19.8 Å². The highest BCUT2D eigenvalue weighted by atomic mass is 16.5. The summed E-state index contributed by atoms with van der Waals surface area (Å²) in [7, 11) is 0. The van der Waals surface area contributed by atoms with Gasteiger partial charge >= 0.3 is 0 Å². The van der Waals surface area contributed by atoms with Crippen LogP contribution in [0, 0.1) is 0 Å². The van der Waals surface area contributed by atoms with Crippen molar-refractivity contribution in [3.05, 3.63) is 47.8 Å². The quantitative estimate of drug-likeness (QED) is 0.633. The molecule has 5 heterocycles. The monoisotopic (exact) mass is 409 g/mol. The Morgan fingerprint density at radius 2 is 2.13 bits per heavy atom. The second-order valence-electron chi connectivity index (χ2n) is 7.63. The summed E-state index contributed by atoms with van der Waals surface area (Å²) < 4.78 is 16.7. The normalized spacial score (nSPS) is 17.1. The third-order valence-electron chi connectivity index (χ3n) is 5.61. The molecule has 5 rings (SSSR count). The van der Waals surface area contributed by atoms with Gasteiger partial charge in [-0.3, -0.25) is 9.78 Å². The Kier molecular flexibility index (Phi) is 5.27. The number of hydrogen-bond donors (Lipinski definition) is 0. The lowest BCUT2D eigenvalue weighted by molar-refractivity contribution is -0.132. The molecule has 0 atom stereocenters. The third kappa shape index (κ3) is 3.97. The van der Waals surface area contributed by atoms with Gasteiger partial charge in [0.2, 0.25) is 17.6 Å². The predicted octanol–water partition coefficient (Wildman–Crippen LogP) is 2.53. The maximum atomic E-state index is 12.7. The molecule has 3 aromatic rings. The summed E-state index contributed by atoms with van der Waals surface area (Å²) in [4.78, 5) is 27.7. The number of pyridine rings is 1. The second-order valence-corrected chi connectivity index (χ2v) is 7.63. The molecule has 0 N–H and O–H groups in total. The molecule has 0 radical (unpaired) electrons. The first-order chi connectivity index (χ1) is 14.8. The van der Waals surface area contributed by atoms with Crippen LogP contribution in [-0.4, -0.2) is 50.7 Å². The molecule has 1 amide bonds. The van der Waals surface area contributed by atoms with Crippen molar-refractivity contribution >= 4 is 5.91 Å². The van der Waals surface area contributed by atoms with E-state index in [1.807, 2.05) is 17.0 Å². The Balaban J connectivity index is 1.18. The highest BCUT2D eigenvalue weighted by Crippen LogP contribution is 2.30. The van der Waals surface area contributed by atoms with E-state index in [2.05, 4.69) is 15.1 Å². The van der Waals surface area contributed by atoms with Gasteiger partial charge in [0.05, 0.1) is 6.54 Å². The summed E-state index contributed by atoms with van der Waals surface area (Å²) in [5.74, 6) is 3.02. The number of fused-ring (bicyclic) bond motifs is 1. The molecule has 9 heteroatoms. The minimum Gasteiger partial charge on any atom is -0.445 e. The van der Waals surface area contributed by atoms with Crippen molar-refractivity contribution in [2.24, 2.45) is 0 Å². The molecule has 3 aromatic heterocycles. The van der Waals surface area contributed by atoms with E-state index in [-0.39, 0.29) is 5.91 Å². The Morgan fingerprint density at radius 1 is 1.23 bits per heavy atom. The van der Waals surface area contributed by atoms with Gasteiger partial charge in [-0.25, -0.2) is 4.98 Å². The molecule has 0 saturated carbocycles. The van der Waals surface area contributed by atoms with E-state index >= 15 is 0 Å². The van der Waals surface area contributed by atoms with Gasteiger partial charge in [-0.15, -0.1) is 0 Å². The van der Waals surface area contributed by atoms with Crippen LogP contribution in [0.15, 0.2) is 33.5 Å². The smallest absolute Gasteiger partial charge is 0.227 e. The van der Waals surface area contributed by atoms with Crippen LogP contribution in [0.5, 0.6) is 0 Å². The number of aromatic nitrogens is 4. The standard InChI is InChI=1S/C21H23N5O4/c27-19(4-3-18-24-20(25-30-18)15-2-1-8-22-12-15)26-9-5-17-16(13-26)23-21(29-17)14-6-10-28-11-7-14/h1-2,8,12,14H,3-7,9-11,13H2. The number of oxazole rings is 1. The van der Waals surface area contributed by atoms with Gasteiger partial charge in [-0.1, -0.05) is 5.16 Å². The van der Waals surface area contributed by atoms with Crippen LogP contribution in [0.2, 0.25) is 0 Å². The van der Waals surface area contributed by atoms with Crippen LogP contribution in [0.4, 0.5) is 0 Å². The molecule has 0 bridgehead atoms.